The van der Waals surface area contributed by atoms with Gasteiger partial charge in [-0.2, -0.15) is 0 Å². The third kappa shape index (κ3) is 5.97. The van der Waals surface area contributed by atoms with Gasteiger partial charge < -0.3 is 19.4 Å². The van der Waals surface area contributed by atoms with E-state index in [2.05, 4.69) is 55.0 Å². The molecule has 0 aromatic heterocycles. The Bertz CT molecular complexity index is 337. The second kappa shape index (κ2) is 9.03. The minimum atomic E-state index is 0.783. The number of ether oxygens (including phenoxy) is 1. The number of hydrogen-bond donors (Lipinski definition) is 0. The molecule has 4 heteroatoms. The Morgan fingerprint density at radius 2 is 1.80 bits per heavy atom. The highest BCUT2D eigenvalue weighted by molar-refractivity contribution is 5.26. The smallest absolute Gasteiger partial charge is 0.0637 e. The molecule has 0 radical (unpaired) electrons. The van der Waals surface area contributed by atoms with Crippen LogP contribution in [0.4, 0.5) is 0 Å². The van der Waals surface area contributed by atoms with Crippen LogP contribution in [0.5, 0.6) is 0 Å². The van der Waals surface area contributed by atoms with Gasteiger partial charge in [-0.25, -0.2) is 0 Å². The summed E-state index contributed by atoms with van der Waals surface area (Å²) in [5.41, 5.74) is 2.77. The van der Waals surface area contributed by atoms with Gasteiger partial charge in [0.2, 0.25) is 0 Å². The van der Waals surface area contributed by atoms with Gasteiger partial charge in [0, 0.05) is 45.7 Å². The average molecular weight is 281 g/mol. The van der Waals surface area contributed by atoms with Crippen LogP contribution in [0.15, 0.2) is 23.5 Å². The molecule has 0 amide bonds. The maximum Gasteiger partial charge on any atom is 0.0637 e. The summed E-state index contributed by atoms with van der Waals surface area (Å²) in [5.74, 6) is 0. The molecule has 20 heavy (non-hydrogen) atoms. The molecule has 0 aromatic carbocycles. The standard InChI is InChI=1S/C16H31N3O/c1-17(2)10-7-11-18(3)15-8-6-9-16(14-15)19(4)12-13-20-5/h8,14H,6-7,9-13H2,1-5H3. The van der Waals surface area contributed by atoms with Crippen molar-refractivity contribution in [2.75, 3.05) is 61.5 Å². The van der Waals surface area contributed by atoms with E-state index in [0.29, 0.717) is 0 Å². The Balaban J connectivity index is 2.48. The van der Waals surface area contributed by atoms with E-state index in [1.165, 1.54) is 17.8 Å². The molecule has 0 spiro atoms. The summed E-state index contributed by atoms with van der Waals surface area (Å²) in [6, 6.07) is 0. The first kappa shape index (κ1) is 17.1. The predicted molar refractivity (Wildman–Crippen MR) is 85.7 cm³/mol. The fourth-order valence-corrected chi connectivity index (χ4v) is 2.36. The van der Waals surface area contributed by atoms with Crippen LogP contribution >= 0.6 is 0 Å². The summed E-state index contributed by atoms with van der Waals surface area (Å²) in [5, 5.41) is 0. The highest BCUT2D eigenvalue weighted by Gasteiger charge is 2.12. The molecule has 0 saturated carbocycles. The molecular weight excluding hydrogens is 250 g/mol. The summed E-state index contributed by atoms with van der Waals surface area (Å²) >= 11 is 0. The van der Waals surface area contributed by atoms with E-state index in [9.17, 15) is 0 Å². The van der Waals surface area contributed by atoms with Crippen LogP contribution in [0.3, 0.4) is 0 Å². The molecule has 1 rings (SSSR count). The van der Waals surface area contributed by atoms with E-state index < -0.39 is 0 Å². The molecule has 1 aliphatic rings. The third-order valence-corrected chi connectivity index (χ3v) is 3.73. The molecule has 0 atom stereocenters. The molecule has 4 nitrogen and oxygen atoms in total. The number of likely N-dealkylation sites (N-methyl/N-ethyl adjacent to an activating group) is 2. The molecule has 0 bridgehead atoms. The first-order chi connectivity index (χ1) is 9.54. The lowest BCUT2D eigenvalue weighted by Gasteiger charge is -2.29. The fraction of sp³-hybridized carbons (Fsp3) is 0.750. The van der Waals surface area contributed by atoms with Gasteiger partial charge in [-0.15, -0.1) is 0 Å². The van der Waals surface area contributed by atoms with Crippen molar-refractivity contribution in [3.8, 4) is 0 Å². The lowest BCUT2D eigenvalue weighted by atomic mass is 10.1. The zero-order chi connectivity index (χ0) is 15.0. The van der Waals surface area contributed by atoms with Crippen LogP contribution < -0.4 is 0 Å². The molecule has 116 valence electrons. The maximum atomic E-state index is 5.15. The van der Waals surface area contributed by atoms with Gasteiger partial charge in [0.1, 0.15) is 0 Å². The Hall–Kier alpha value is -1.00. The van der Waals surface area contributed by atoms with Crippen molar-refractivity contribution in [1.29, 1.82) is 0 Å². The Labute approximate surface area is 124 Å². The number of allylic oxidation sites excluding steroid dienone is 3. The van der Waals surface area contributed by atoms with Crippen LogP contribution in [0, 0.1) is 0 Å². The highest BCUT2D eigenvalue weighted by atomic mass is 16.5. The molecule has 0 heterocycles. The largest absolute Gasteiger partial charge is 0.383 e. The minimum Gasteiger partial charge on any atom is -0.383 e. The summed E-state index contributed by atoms with van der Waals surface area (Å²) in [4.78, 5) is 6.92. The normalized spacial score (nSPS) is 15.1. The van der Waals surface area contributed by atoms with E-state index in [1.807, 2.05) is 0 Å². The lowest BCUT2D eigenvalue weighted by molar-refractivity contribution is 0.172. The molecular formula is C16H31N3O. The average Bonchev–Trinajstić information content (AvgIpc) is 2.44. The summed E-state index contributed by atoms with van der Waals surface area (Å²) in [7, 11) is 10.4. The van der Waals surface area contributed by atoms with Crippen molar-refractivity contribution >= 4 is 0 Å². The quantitative estimate of drug-likeness (QED) is 0.643. The van der Waals surface area contributed by atoms with E-state index in [4.69, 9.17) is 4.74 Å². The molecule has 0 aliphatic heterocycles. The van der Waals surface area contributed by atoms with Gasteiger partial charge >= 0.3 is 0 Å². The topological polar surface area (TPSA) is 19.0 Å². The van der Waals surface area contributed by atoms with Gasteiger partial charge in [0.05, 0.1) is 6.61 Å². The van der Waals surface area contributed by atoms with Crippen molar-refractivity contribution in [3.63, 3.8) is 0 Å². The van der Waals surface area contributed by atoms with Crippen LogP contribution in [0.1, 0.15) is 19.3 Å². The first-order valence-corrected chi connectivity index (χ1v) is 7.51. The van der Waals surface area contributed by atoms with Crippen LogP contribution in [0.25, 0.3) is 0 Å². The highest BCUT2D eigenvalue weighted by Crippen LogP contribution is 2.21. The number of rotatable bonds is 9. The lowest BCUT2D eigenvalue weighted by Crippen LogP contribution is -2.27. The number of methoxy groups -OCH3 is 1. The summed E-state index contributed by atoms with van der Waals surface area (Å²) < 4.78 is 5.15. The SMILES string of the molecule is COCCN(C)C1=CC(N(C)CCCN(C)C)=CCC1. The van der Waals surface area contributed by atoms with Crippen LogP contribution in [-0.4, -0.2) is 76.2 Å². The first-order valence-electron chi connectivity index (χ1n) is 7.51. The minimum absolute atomic E-state index is 0.783. The zero-order valence-electron chi connectivity index (χ0n) is 13.9. The number of nitrogens with zero attached hydrogens (tertiary/aromatic N) is 3. The van der Waals surface area contributed by atoms with Gasteiger partial charge in [0.15, 0.2) is 0 Å². The van der Waals surface area contributed by atoms with Gasteiger partial charge in [-0.1, -0.05) is 6.08 Å². The zero-order valence-corrected chi connectivity index (χ0v) is 13.9. The molecule has 0 aromatic rings. The summed E-state index contributed by atoms with van der Waals surface area (Å²) in [6.45, 7) is 3.99. The molecule has 0 saturated heterocycles. The predicted octanol–water partition coefficient (Wildman–Crippen LogP) is 2.01. The number of hydrogen-bond acceptors (Lipinski definition) is 4. The van der Waals surface area contributed by atoms with E-state index in [0.717, 1.165) is 39.1 Å². The molecule has 1 aliphatic carbocycles. The van der Waals surface area contributed by atoms with Crippen molar-refractivity contribution in [2.45, 2.75) is 19.3 Å². The Morgan fingerprint density at radius 1 is 1.05 bits per heavy atom. The van der Waals surface area contributed by atoms with Crippen molar-refractivity contribution in [3.05, 3.63) is 23.5 Å². The molecule has 0 unspecified atom stereocenters. The third-order valence-electron chi connectivity index (χ3n) is 3.73. The fourth-order valence-electron chi connectivity index (χ4n) is 2.36. The molecule has 0 fully saturated rings. The monoisotopic (exact) mass is 281 g/mol. The molecule has 0 N–H and O–H groups in total. The van der Waals surface area contributed by atoms with Crippen molar-refractivity contribution in [2.24, 2.45) is 0 Å². The van der Waals surface area contributed by atoms with Gasteiger partial charge in [-0.3, -0.25) is 0 Å². The van der Waals surface area contributed by atoms with Gasteiger partial charge in [-0.05, 0) is 46.0 Å². The Kier molecular flexibility index (Phi) is 7.70. The second-order valence-electron chi connectivity index (χ2n) is 5.80. The Morgan fingerprint density at radius 3 is 2.45 bits per heavy atom. The maximum absolute atomic E-state index is 5.15. The van der Waals surface area contributed by atoms with Crippen molar-refractivity contribution in [1.82, 2.24) is 14.7 Å². The van der Waals surface area contributed by atoms with E-state index >= 15 is 0 Å². The second-order valence-corrected chi connectivity index (χ2v) is 5.80. The summed E-state index contributed by atoms with van der Waals surface area (Å²) in [6.07, 6.45) is 8.15. The van der Waals surface area contributed by atoms with E-state index in [-0.39, 0.29) is 0 Å². The van der Waals surface area contributed by atoms with Crippen LogP contribution in [-0.2, 0) is 4.74 Å². The van der Waals surface area contributed by atoms with E-state index in [1.54, 1.807) is 7.11 Å². The van der Waals surface area contributed by atoms with Crippen molar-refractivity contribution < 1.29 is 4.74 Å². The van der Waals surface area contributed by atoms with Gasteiger partial charge in [0.25, 0.3) is 0 Å². The van der Waals surface area contributed by atoms with Crippen LogP contribution in [0.2, 0.25) is 0 Å².